The zero-order valence-electron chi connectivity index (χ0n) is 14.6. The lowest BCUT2D eigenvalue weighted by molar-refractivity contribution is -0.147. The lowest BCUT2D eigenvalue weighted by atomic mass is 10.0. The largest absolute Gasteiger partial charge is 0.467 e. The highest BCUT2D eigenvalue weighted by atomic mass is 16.6. The van der Waals surface area contributed by atoms with Crippen molar-refractivity contribution in [2.45, 2.75) is 58.2 Å². The molecule has 1 aromatic rings. The van der Waals surface area contributed by atoms with E-state index in [4.69, 9.17) is 9.47 Å². The van der Waals surface area contributed by atoms with Gasteiger partial charge < -0.3 is 9.47 Å². The van der Waals surface area contributed by atoms with Gasteiger partial charge in [-0.1, -0.05) is 5.21 Å². The van der Waals surface area contributed by atoms with Gasteiger partial charge in [-0.25, -0.2) is 14.3 Å². The smallest absolute Gasteiger partial charge is 0.411 e. The number of amides is 1. The van der Waals surface area contributed by atoms with Crippen LogP contribution in [-0.4, -0.2) is 51.2 Å². The molecule has 0 N–H and O–H groups in total. The average molecular weight is 336 g/mol. The molecule has 8 nitrogen and oxygen atoms in total. The second-order valence-corrected chi connectivity index (χ2v) is 7.40. The van der Waals surface area contributed by atoms with Gasteiger partial charge >= 0.3 is 12.1 Å². The van der Waals surface area contributed by atoms with Gasteiger partial charge in [0, 0.05) is 19.5 Å². The van der Waals surface area contributed by atoms with Gasteiger partial charge in [-0.05, 0) is 39.5 Å². The van der Waals surface area contributed by atoms with Crippen molar-refractivity contribution in [3.63, 3.8) is 0 Å². The summed E-state index contributed by atoms with van der Waals surface area (Å²) >= 11 is 0. The summed E-state index contributed by atoms with van der Waals surface area (Å²) < 4.78 is 12.2. The number of rotatable bonds is 3. The number of carbonyl (C=O) groups is 2. The third kappa shape index (κ3) is 3.37. The minimum Gasteiger partial charge on any atom is -0.467 e. The molecule has 1 unspecified atom stereocenters. The first kappa shape index (κ1) is 16.7. The second-order valence-electron chi connectivity index (χ2n) is 7.40. The minimum atomic E-state index is -0.901. The summed E-state index contributed by atoms with van der Waals surface area (Å²) in [5, 5.41) is 8.37. The maximum Gasteiger partial charge on any atom is 0.411 e. The zero-order valence-corrected chi connectivity index (χ0v) is 14.6. The molecule has 0 spiro atoms. The first-order valence-electron chi connectivity index (χ1n) is 8.30. The Balaban J connectivity index is 1.88. The Morgan fingerprint density at radius 1 is 1.29 bits per heavy atom. The zero-order chi connectivity index (χ0) is 17.5. The molecule has 1 aromatic heterocycles. The van der Waals surface area contributed by atoms with Gasteiger partial charge in [0.05, 0.1) is 12.8 Å². The molecular weight excluding hydrogens is 312 g/mol. The number of hydrogen-bond donors (Lipinski definition) is 0. The molecule has 1 atom stereocenters. The van der Waals surface area contributed by atoms with Crippen LogP contribution in [0.25, 0.3) is 0 Å². The van der Waals surface area contributed by atoms with E-state index < -0.39 is 23.7 Å². The van der Waals surface area contributed by atoms with E-state index in [1.165, 1.54) is 24.9 Å². The van der Waals surface area contributed by atoms with Gasteiger partial charge in [0.1, 0.15) is 11.3 Å². The van der Waals surface area contributed by atoms with E-state index >= 15 is 0 Å². The maximum atomic E-state index is 12.5. The first-order valence-corrected chi connectivity index (χ1v) is 8.30. The highest BCUT2D eigenvalue weighted by molar-refractivity contribution is 5.83. The van der Waals surface area contributed by atoms with Crippen LogP contribution < -0.4 is 0 Å². The SMILES string of the molecule is COC(=O)C1c2nnn(CC3CC3)c2CCN1C(=O)OC(C)(C)C. The molecule has 8 heteroatoms. The molecule has 1 aliphatic heterocycles. The second kappa shape index (κ2) is 6.07. The van der Waals surface area contributed by atoms with Crippen molar-refractivity contribution in [3.8, 4) is 0 Å². The number of fused-ring (bicyclic) bond motifs is 1. The van der Waals surface area contributed by atoms with Gasteiger partial charge in [-0.3, -0.25) is 4.90 Å². The Kier molecular flexibility index (Phi) is 4.23. The predicted octanol–water partition coefficient (Wildman–Crippen LogP) is 1.70. The Bertz CT molecular complexity index is 645. The fourth-order valence-corrected chi connectivity index (χ4v) is 2.88. The Hall–Kier alpha value is -2.12. The molecule has 0 bridgehead atoms. The molecule has 1 aliphatic carbocycles. The Labute approximate surface area is 141 Å². The van der Waals surface area contributed by atoms with E-state index in [-0.39, 0.29) is 0 Å². The number of methoxy groups -OCH3 is 1. The molecule has 2 heterocycles. The highest BCUT2D eigenvalue weighted by Gasteiger charge is 2.42. The topological polar surface area (TPSA) is 86.5 Å². The number of carbonyl (C=O) groups excluding carboxylic acids is 2. The lowest BCUT2D eigenvalue weighted by Crippen LogP contribution is -2.46. The van der Waals surface area contributed by atoms with Crippen LogP contribution >= 0.6 is 0 Å². The van der Waals surface area contributed by atoms with Crippen LogP contribution in [0.2, 0.25) is 0 Å². The van der Waals surface area contributed by atoms with Crippen LogP contribution in [0.4, 0.5) is 4.79 Å². The lowest BCUT2D eigenvalue weighted by Gasteiger charge is -2.34. The highest BCUT2D eigenvalue weighted by Crippen LogP contribution is 2.34. The summed E-state index contributed by atoms with van der Waals surface area (Å²) in [6.07, 6.45) is 2.47. The van der Waals surface area contributed by atoms with Crippen molar-refractivity contribution in [3.05, 3.63) is 11.4 Å². The molecular formula is C16H24N4O4. The summed E-state index contributed by atoms with van der Waals surface area (Å²) in [4.78, 5) is 26.2. The Morgan fingerprint density at radius 2 is 2.00 bits per heavy atom. The fourth-order valence-electron chi connectivity index (χ4n) is 2.88. The van der Waals surface area contributed by atoms with Crippen molar-refractivity contribution in [1.82, 2.24) is 19.9 Å². The molecule has 0 radical (unpaired) electrons. The van der Waals surface area contributed by atoms with E-state index in [1.807, 2.05) is 4.68 Å². The van der Waals surface area contributed by atoms with Gasteiger partial charge in [-0.2, -0.15) is 0 Å². The number of aromatic nitrogens is 3. The quantitative estimate of drug-likeness (QED) is 0.781. The van der Waals surface area contributed by atoms with E-state index in [2.05, 4.69) is 10.3 Å². The summed E-state index contributed by atoms with van der Waals surface area (Å²) in [5.74, 6) is 0.122. The molecule has 2 aliphatic rings. The fraction of sp³-hybridized carbons (Fsp3) is 0.750. The molecule has 24 heavy (non-hydrogen) atoms. The molecule has 132 valence electrons. The van der Waals surface area contributed by atoms with Crippen LogP contribution in [0.1, 0.15) is 51.0 Å². The summed E-state index contributed by atoms with van der Waals surface area (Å²) in [6, 6.07) is -0.901. The summed E-state index contributed by atoms with van der Waals surface area (Å²) in [5.41, 5.74) is 0.776. The van der Waals surface area contributed by atoms with Crippen molar-refractivity contribution < 1.29 is 19.1 Å². The van der Waals surface area contributed by atoms with E-state index in [1.54, 1.807) is 20.8 Å². The van der Waals surface area contributed by atoms with Gasteiger partial charge in [0.2, 0.25) is 0 Å². The number of nitrogens with zero attached hydrogens (tertiary/aromatic N) is 4. The van der Waals surface area contributed by atoms with Crippen LogP contribution in [0, 0.1) is 5.92 Å². The molecule has 1 saturated carbocycles. The predicted molar refractivity (Wildman–Crippen MR) is 84.1 cm³/mol. The van der Waals surface area contributed by atoms with Gasteiger partial charge in [0.15, 0.2) is 6.04 Å². The number of ether oxygens (including phenoxy) is 2. The monoisotopic (exact) mass is 336 g/mol. The molecule has 0 aromatic carbocycles. The number of hydrogen-bond acceptors (Lipinski definition) is 6. The van der Waals surface area contributed by atoms with Crippen molar-refractivity contribution in [2.24, 2.45) is 5.92 Å². The average Bonchev–Trinajstić information content (AvgIpc) is 3.23. The summed E-state index contributed by atoms with van der Waals surface area (Å²) in [7, 11) is 1.30. The van der Waals surface area contributed by atoms with E-state index in [9.17, 15) is 9.59 Å². The van der Waals surface area contributed by atoms with Gasteiger partial charge in [-0.15, -0.1) is 5.10 Å². The maximum absolute atomic E-state index is 12.5. The number of esters is 1. The normalized spacial score (nSPS) is 20.5. The van der Waals surface area contributed by atoms with Crippen molar-refractivity contribution >= 4 is 12.1 Å². The molecule has 0 saturated heterocycles. The van der Waals surface area contributed by atoms with Gasteiger partial charge in [0.25, 0.3) is 0 Å². The molecule has 1 fully saturated rings. The van der Waals surface area contributed by atoms with E-state index in [0.29, 0.717) is 24.6 Å². The molecule has 3 rings (SSSR count). The summed E-state index contributed by atoms with van der Waals surface area (Å²) in [6.45, 7) is 6.57. The first-order chi connectivity index (χ1) is 11.3. The van der Waals surface area contributed by atoms with Crippen LogP contribution in [0.3, 0.4) is 0 Å². The Morgan fingerprint density at radius 3 is 2.58 bits per heavy atom. The van der Waals surface area contributed by atoms with E-state index in [0.717, 1.165) is 12.2 Å². The third-order valence-electron chi connectivity index (χ3n) is 4.21. The van der Waals surface area contributed by atoms with Crippen LogP contribution in [0.5, 0.6) is 0 Å². The van der Waals surface area contributed by atoms with Crippen LogP contribution in [0.15, 0.2) is 0 Å². The minimum absolute atomic E-state index is 0.375. The molecule has 1 amide bonds. The third-order valence-corrected chi connectivity index (χ3v) is 4.21. The standard InChI is InChI=1S/C16H24N4O4/c1-16(2,3)24-15(22)19-8-7-11-12(13(19)14(21)23-4)17-18-20(11)9-10-5-6-10/h10,13H,5-9H2,1-4H3. The van der Waals surface area contributed by atoms with Crippen molar-refractivity contribution in [2.75, 3.05) is 13.7 Å². The van der Waals surface area contributed by atoms with Crippen LogP contribution in [-0.2, 0) is 27.2 Å². The van der Waals surface area contributed by atoms with Crippen molar-refractivity contribution in [1.29, 1.82) is 0 Å².